The van der Waals surface area contributed by atoms with Crippen molar-refractivity contribution in [3.63, 3.8) is 0 Å². The molecular formula is C20H32ClN3O. The molecule has 0 amide bonds. The van der Waals surface area contributed by atoms with Crippen LogP contribution < -0.4 is 15.4 Å². The standard InChI is InChI=1S/C20H31N3O.ClH/c1-4-16(2)15-21-10-6-5-7-11-22-19-14-18(24-3)13-17-9-8-12-23-20(17)19;/h8-9,12-14,16,21-22H,4-7,10-11,15H2,1-3H3;1H. The maximum Gasteiger partial charge on any atom is 0.121 e. The lowest BCUT2D eigenvalue weighted by molar-refractivity contribution is 0.415. The van der Waals surface area contributed by atoms with Crippen molar-refractivity contribution in [1.82, 2.24) is 10.3 Å². The van der Waals surface area contributed by atoms with Crippen LogP contribution in [0.3, 0.4) is 0 Å². The van der Waals surface area contributed by atoms with Crippen molar-refractivity contribution in [3.8, 4) is 5.75 Å². The SMILES string of the molecule is CCC(C)CNCCCCCNc1cc(OC)cc2cccnc12.Cl. The van der Waals surface area contributed by atoms with Gasteiger partial charge < -0.3 is 15.4 Å². The zero-order valence-electron chi connectivity index (χ0n) is 15.7. The third-order valence-corrected chi connectivity index (χ3v) is 4.45. The summed E-state index contributed by atoms with van der Waals surface area (Å²) >= 11 is 0. The second-order valence-electron chi connectivity index (χ2n) is 6.46. The van der Waals surface area contributed by atoms with Gasteiger partial charge in [-0.15, -0.1) is 12.4 Å². The van der Waals surface area contributed by atoms with E-state index in [0.29, 0.717) is 0 Å². The number of anilines is 1. The average molecular weight is 366 g/mol. The summed E-state index contributed by atoms with van der Waals surface area (Å²) in [6, 6.07) is 8.08. The van der Waals surface area contributed by atoms with Gasteiger partial charge in [0.2, 0.25) is 0 Å². The van der Waals surface area contributed by atoms with Crippen LogP contribution in [0.25, 0.3) is 10.9 Å². The van der Waals surface area contributed by atoms with Gasteiger partial charge >= 0.3 is 0 Å². The van der Waals surface area contributed by atoms with Gasteiger partial charge in [0, 0.05) is 24.2 Å². The fourth-order valence-corrected chi connectivity index (χ4v) is 2.69. The number of hydrogen-bond acceptors (Lipinski definition) is 4. The van der Waals surface area contributed by atoms with E-state index in [1.165, 1.54) is 19.3 Å². The van der Waals surface area contributed by atoms with E-state index in [4.69, 9.17) is 4.74 Å². The molecule has 1 aromatic heterocycles. The van der Waals surface area contributed by atoms with Gasteiger partial charge in [-0.3, -0.25) is 4.98 Å². The fourth-order valence-electron chi connectivity index (χ4n) is 2.69. The monoisotopic (exact) mass is 365 g/mol. The quantitative estimate of drug-likeness (QED) is 0.557. The average Bonchev–Trinajstić information content (AvgIpc) is 2.63. The molecule has 0 spiro atoms. The molecule has 2 aromatic rings. The zero-order valence-corrected chi connectivity index (χ0v) is 16.5. The van der Waals surface area contributed by atoms with Crippen molar-refractivity contribution in [2.24, 2.45) is 5.92 Å². The van der Waals surface area contributed by atoms with E-state index in [1.54, 1.807) is 7.11 Å². The molecule has 0 bridgehead atoms. The molecule has 0 fully saturated rings. The molecule has 5 heteroatoms. The van der Waals surface area contributed by atoms with Gasteiger partial charge in [0.15, 0.2) is 0 Å². The van der Waals surface area contributed by atoms with E-state index in [9.17, 15) is 0 Å². The highest BCUT2D eigenvalue weighted by Crippen LogP contribution is 2.27. The van der Waals surface area contributed by atoms with E-state index in [2.05, 4.69) is 35.5 Å². The molecule has 25 heavy (non-hydrogen) atoms. The minimum absolute atomic E-state index is 0. The number of aromatic nitrogens is 1. The van der Waals surface area contributed by atoms with Crippen LogP contribution in [0.4, 0.5) is 5.69 Å². The minimum atomic E-state index is 0. The number of rotatable bonds is 11. The predicted octanol–water partition coefficient (Wildman–Crippen LogP) is 4.88. The lowest BCUT2D eigenvalue weighted by Gasteiger charge is -2.12. The van der Waals surface area contributed by atoms with Crippen LogP contribution in [0.15, 0.2) is 30.5 Å². The highest BCUT2D eigenvalue weighted by Gasteiger charge is 2.05. The second kappa shape index (κ2) is 11.9. The lowest BCUT2D eigenvalue weighted by atomic mass is 10.1. The number of benzene rings is 1. The summed E-state index contributed by atoms with van der Waals surface area (Å²) in [7, 11) is 1.70. The van der Waals surface area contributed by atoms with E-state index in [1.807, 2.05) is 24.4 Å². The third kappa shape index (κ3) is 7.09. The molecule has 2 N–H and O–H groups in total. The number of fused-ring (bicyclic) bond motifs is 1. The molecular weight excluding hydrogens is 334 g/mol. The van der Waals surface area contributed by atoms with Crippen LogP contribution in [-0.2, 0) is 0 Å². The second-order valence-corrected chi connectivity index (χ2v) is 6.46. The van der Waals surface area contributed by atoms with Gasteiger partial charge in [0.1, 0.15) is 5.75 Å². The number of unbranched alkanes of at least 4 members (excludes halogenated alkanes) is 2. The Bertz CT molecular complexity index is 621. The number of nitrogens with zero attached hydrogens (tertiary/aromatic N) is 1. The van der Waals surface area contributed by atoms with E-state index in [-0.39, 0.29) is 12.4 Å². The number of pyridine rings is 1. The smallest absolute Gasteiger partial charge is 0.121 e. The van der Waals surface area contributed by atoms with Gasteiger partial charge in [-0.05, 0) is 44.0 Å². The molecule has 0 aliphatic carbocycles. The van der Waals surface area contributed by atoms with Crippen molar-refractivity contribution < 1.29 is 4.74 Å². The van der Waals surface area contributed by atoms with Crippen LogP contribution in [0.2, 0.25) is 0 Å². The highest BCUT2D eigenvalue weighted by molar-refractivity contribution is 5.91. The summed E-state index contributed by atoms with van der Waals surface area (Å²) in [6.45, 7) is 7.76. The molecule has 0 saturated heterocycles. The first kappa shape index (κ1) is 21.5. The van der Waals surface area contributed by atoms with Crippen LogP contribution in [0.1, 0.15) is 39.5 Å². The Morgan fingerprint density at radius 3 is 2.72 bits per heavy atom. The van der Waals surface area contributed by atoms with Crippen molar-refractivity contribution >= 4 is 29.0 Å². The molecule has 1 atom stereocenters. The minimum Gasteiger partial charge on any atom is -0.497 e. The summed E-state index contributed by atoms with van der Waals surface area (Å²) < 4.78 is 5.39. The lowest BCUT2D eigenvalue weighted by Crippen LogP contribution is -2.21. The topological polar surface area (TPSA) is 46.2 Å². The van der Waals surface area contributed by atoms with Gasteiger partial charge in [-0.25, -0.2) is 0 Å². The molecule has 140 valence electrons. The molecule has 0 aliphatic rings. The number of halogens is 1. The molecule has 0 radical (unpaired) electrons. The maximum absolute atomic E-state index is 5.39. The molecule has 1 unspecified atom stereocenters. The Hall–Kier alpha value is -1.52. The Morgan fingerprint density at radius 1 is 1.16 bits per heavy atom. The molecule has 4 nitrogen and oxygen atoms in total. The molecule has 1 heterocycles. The maximum atomic E-state index is 5.39. The van der Waals surface area contributed by atoms with Crippen molar-refractivity contribution in [2.45, 2.75) is 39.5 Å². The molecule has 0 saturated carbocycles. The normalized spacial score (nSPS) is 11.8. The van der Waals surface area contributed by atoms with Gasteiger partial charge in [-0.2, -0.15) is 0 Å². The van der Waals surface area contributed by atoms with Crippen molar-refractivity contribution in [2.75, 3.05) is 32.1 Å². The van der Waals surface area contributed by atoms with Gasteiger partial charge in [0.25, 0.3) is 0 Å². The van der Waals surface area contributed by atoms with Crippen molar-refractivity contribution in [3.05, 3.63) is 30.5 Å². The van der Waals surface area contributed by atoms with Crippen LogP contribution in [-0.4, -0.2) is 31.7 Å². The summed E-state index contributed by atoms with van der Waals surface area (Å²) in [5, 5.41) is 8.16. The van der Waals surface area contributed by atoms with Gasteiger partial charge in [0.05, 0.1) is 18.3 Å². The van der Waals surface area contributed by atoms with Crippen LogP contribution >= 0.6 is 12.4 Å². The van der Waals surface area contributed by atoms with E-state index in [0.717, 1.165) is 54.3 Å². The Labute approximate surface area is 158 Å². The van der Waals surface area contributed by atoms with Gasteiger partial charge in [-0.1, -0.05) is 32.8 Å². The van der Waals surface area contributed by atoms with E-state index >= 15 is 0 Å². The Morgan fingerprint density at radius 2 is 1.96 bits per heavy atom. The van der Waals surface area contributed by atoms with Crippen molar-refractivity contribution in [1.29, 1.82) is 0 Å². The number of hydrogen-bond donors (Lipinski definition) is 2. The largest absolute Gasteiger partial charge is 0.497 e. The summed E-state index contributed by atoms with van der Waals surface area (Å²) in [5.41, 5.74) is 2.06. The molecule has 2 rings (SSSR count). The Balaban J connectivity index is 0.00000312. The third-order valence-electron chi connectivity index (χ3n) is 4.45. The Kier molecular flexibility index (Phi) is 10.3. The van der Waals surface area contributed by atoms with Crippen LogP contribution in [0.5, 0.6) is 5.75 Å². The van der Waals surface area contributed by atoms with Crippen LogP contribution in [0, 0.1) is 5.92 Å². The first-order chi connectivity index (χ1) is 11.7. The first-order valence-electron chi connectivity index (χ1n) is 9.12. The fraction of sp³-hybridized carbons (Fsp3) is 0.550. The van der Waals surface area contributed by atoms with E-state index < -0.39 is 0 Å². The number of nitrogens with one attached hydrogen (secondary N) is 2. The molecule has 0 aliphatic heterocycles. The highest BCUT2D eigenvalue weighted by atomic mass is 35.5. The number of ether oxygens (including phenoxy) is 1. The summed E-state index contributed by atoms with van der Waals surface area (Å²) in [5.74, 6) is 1.65. The molecule has 1 aromatic carbocycles. The number of methoxy groups -OCH3 is 1. The zero-order chi connectivity index (χ0) is 17.2. The predicted molar refractivity (Wildman–Crippen MR) is 110 cm³/mol. The summed E-state index contributed by atoms with van der Waals surface area (Å²) in [4.78, 5) is 4.49. The summed E-state index contributed by atoms with van der Waals surface area (Å²) in [6.07, 6.45) is 6.71. The first-order valence-corrected chi connectivity index (χ1v) is 9.12.